The Morgan fingerprint density at radius 2 is 1.82 bits per heavy atom. The second kappa shape index (κ2) is 10.6. The number of ether oxygens (including phenoxy) is 5. The molecule has 2 aromatic rings. The van der Waals surface area contributed by atoms with Crippen LogP contribution in [0.2, 0.25) is 0 Å². The van der Waals surface area contributed by atoms with E-state index < -0.39 is 6.36 Å². The third-order valence-corrected chi connectivity index (χ3v) is 7.49. The van der Waals surface area contributed by atoms with Gasteiger partial charge in [-0.05, 0) is 65.5 Å². The van der Waals surface area contributed by atoms with E-state index in [-0.39, 0.29) is 18.6 Å². The van der Waals surface area contributed by atoms with Gasteiger partial charge < -0.3 is 28.6 Å². The quantitative estimate of drug-likeness (QED) is 0.340. The first-order valence-electron chi connectivity index (χ1n) is 13.4. The Bertz CT molecular complexity index is 1420. The summed E-state index contributed by atoms with van der Waals surface area (Å²) < 4.78 is 65.7. The molecule has 2 aromatic carbocycles. The van der Waals surface area contributed by atoms with Gasteiger partial charge in [0.25, 0.3) is 0 Å². The summed E-state index contributed by atoms with van der Waals surface area (Å²) in [6.45, 7) is 3.67. The second-order valence-corrected chi connectivity index (χ2v) is 10.0. The fourth-order valence-electron chi connectivity index (χ4n) is 5.62. The summed E-state index contributed by atoms with van der Waals surface area (Å²) in [6, 6.07) is 10.1. The molecule has 0 saturated carbocycles. The molecule has 9 heteroatoms. The molecule has 3 aliphatic heterocycles. The number of benzene rings is 2. The third-order valence-electron chi connectivity index (χ3n) is 7.49. The Labute approximate surface area is 230 Å². The predicted octanol–water partition coefficient (Wildman–Crippen LogP) is 6.68. The fraction of sp³-hybridized carbons (Fsp3) is 0.355. The molecular weight excluding hydrogens is 523 g/mol. The van der Waals surface area contributed by atoms with E-state index in [9.17, 15) is 13.2 Å². The summed E-state index contributed by atoms with van der Waals surface area (Å²) in [4.78, 5) is 2.25. The number of methoxy groups -OCH3 is 1. The van der Waals surface area contributed by atoms with E-state index in [4.69, 9.17) is 18.9 Å². The summed E-state index contributed by atoms with van der Waals surface area (Å²) in [5.74, 6) is 1.94. The highest BCUT2D eigenvalue weighted by Gasteiger charge is 2.37. The number of fused-ring (bicyclic) bond motifs is 5. The molecule has 0 spiro atoms. The first-order valence-corrected chi connectivity index (χ1v) is 13.4. The number of rotatable bonds is 8. The molecule has 210 valence electrons. The molecule has 4 aliphatic rings. The summed E-state index contributed by atoms with van der Waals surface area (Å²) in [5.41, 5.74) is 7.22. The van der Waals surface area contributed by atoms with Crippen molar-refractivity contribution in [3.8, 4) is 17.2 Å². The zero-order valence-electron chi connectivity index (χ0n) is 22.3. The molecule has 3 heterocycles. The van der Waals surface area contributed by atoms with E-state index in [0.717, 1.165) is 70.9 Å². The van der Waals surface area contributed by atoms with Gasteiger partial charge in [0.15, 0.2) is 11.5 Å². The van der Waals surface area contributed by atoms with Crippen LogP contribution in [0.4, 0.5) is 13.2 Å². The van der Waals surface area contributed by atoms with Crippen LogP contribution in [0, 0.1) is 0 Å². The van der Waals surface area contributed by atoms with Gasteiger partial charge in [-0.25, -0.2) is 0 Å². The molecule has 0 N–H and O–H groups in total. The maximum absolute atomic E-state index is 12.7. The first kappa shape index (κ1) is 26.4. The van der Waals surface area contributed by atoms with Gasteiger partial charge >= 0.3 is 6.36 Å². The predicted molar refractivity (Wildman–Crippen MR) is 143 cm³/mol. The molecule has 0 radical (unpaired) electrons. The minimum absolute atomic E-state index is 0.191. The molecule has 1 unspecified atom stereocenters. The van der Waals surface area contributed by atoms with Crippen molar-refractivity contribution < 1.29 is 36.9 Å². The van der Waals surface area contributed by atoms with E-state index in [0.29, 0.717) is 18.8 Å². The molecular formula is C31H30F3NO5. The van der Waals surface area contributed by atoms with Gasteiger partial charge in [0.2, 0.25) is 6.79 Å². The molecule has 0 fully saturated rings. The summed E-state index contributed by atoms with van der Waals surface area (Å²) in [6.07, 6.45) is 4.33. The summed E-state index contributed by atoms with van der Waals surface area (Å²) >= 11 is 0. The molecule has 0 amide bonds. The van der Waals surface area contributed by atoms with E-state index in [1.807, 2.05) is 18.2 Å². The highest BCUT2D eigenvalue weighted by atomic mass is 19.4. The van der Waals surface area contributed by atoms with E-state index in [1.165, 1.54) is 17.7 Å². The minimum atomic E-state index is -4.74. The van der Waals surface area contributed by atoms with Crippen molar-refractivity contribution in [3.05, 3.63) is 93.9 Å². The average Bonchev–Trinajstić information content (AvgIpc) is 3.39. The molecule has 6 nitrogen and oxygen atoms in total. The van der Waals surface area contributed by atoms with Crippen LogP contribution in [0.3, 0.4) is 0 Å². The maximum Gasteiger partial charge on any atom is 0.573 e. The topological polar surface area (TPSA) is 49.4 Å². The van der Waals surface area contributed by atoms with Crippen molar-refractivity contribution in [1.29, 1.82) is 0 Å². The van der Waals surface area contributed by atoms with Crippen molar-refractivity contribution in [1.82, 2.24) is 4.90 Å². The highest BCUT2D eigenvalue weighted by Crippen LogP contribution is 2.47. The monoisotopic (exact) mass is 553 g/mol. The van der Waals surface area contributed by atoms with Crippen LogP contribution in [-0.4, -0.2) is 44.4 Å². The molecule has 0 bridgehead atoms. The van der Waals surface area contributed by atoms with Crippen molar-refractivity contribution >= 4 is 5.70 Å². The molecule has 1 atom stereocenters. The van der Waals surface area contributed by atoms with Crippen LogP contribution in [0.5, 0.6) is 17.2 Å². The number of allylic oxidation sites excluding steroid dienone is 3. The van der Waals surface area contributed by atoms with Crippen molar-refractivity contribution in [3.63, 3.8) is 0 Å². The largest absolute Gasteiger partial charge is 0.573 e. The SMILES string of the molecule is CCCCOC1C(OC)=CC=C2C1=CN1CCc3cc4c(cc3C1=C2Cc1ccc(OC(F)(F)F)cc1)OCO4. The average molecular weight is 554 g/mol. The Morgan fingerprint density at radius 3 is 2.55 bits per heavy atom. The van der Waals surface area contributed by atoms with Gasteiger partial charge in [0.05, 0.1) is 12.8 Å². The van der Waals surface area contributed by atoms with Crippen LogP contribution >= 0.6 is 0 Å². The number of nitrogens with zero attached hydrogens (tertiary/aromatic N) is 1. The number of alkyl halides is 3. The molecule has 40 heavy (non-hydrogen) atoms. The lowest BCUT2D eigenvalue weighted by atomic mass is 9.80. The van der Waals surface area contributed by atoms with E-state index in [1.54, 1.807) is 19.2 Å². The normalized spacial score (nSPS) is 19.3. The van der Waals surface area contributed by atoms with E-state index >= 15 is 0 Å². The smallest absolute Gasteiger partial charge is 0.498 e. The summed E-state index contributed by atoms with van der Waals surface area (Å²) in [5, 5.41) is 0. The number of unbranched alkanes of at least 4 members (excludes halogenated alkanes) is 1. The fourth-order valence-corrected chi connectivity index (χ4v) is 5.62. The third kappa shape index (κ3) is 5.06. The van der Waals surface area contributed by atoms with Crippen molar-refractivity contribution in [2.75, 3.05) is 27.1 Å². The number of hydrogen-bond donors (Lipinski definition) is 0. The number of hydrogen-bond acceptors (Lipinski definition) is 6. The van der Waals surface area contributed by atoms with Crippen LogP contribution in [-0.2, 0) is 22.3 Å². The molecule has 0 saturated heterocycles. The standard InChI is InChI=1S/C31H30F3NO5/c1-3-4-13-37-30-25-17-35-12-11-20-15-27-28(39-18-38-27)16-23(20)29(35)24(22(25)9-10-26(30)36-2)14-19-5-7-21(8-6-19)40-31(32,33)34/h5-10,15-17,30H,3-4,11-14,18H2,1-2H3. The highest BCUT2D eigenvalue weighted by molar-refractivity contribution is 5.82. The van der Waals surface area contributed by atoms with Crippen molar-refractivity contribution in [2.45, 2.75) is 45.1 Å². The lowest BCUT2D eigenvalue weighted by molar-refractivity contribution is -0.274. The Kier molecular flexibility index (Phi) is 7.00. The van der Waals surface area contributed by atoms with Crippen molar-refractivity contribution in [2.24, 2.45) is 0 Å². The zero-order chi connectivity index (χ0) is 27.9. The van der Waals surface area contributed by atoms with Crippen LogP contribution in [0.1, 0.15) is 36.5 Å². The van der Waals surface area contributed by atoms with E-state index in [2.05, 4.69) is 28.8 Å². The van der Waals surface area contributed by atoms with Gasteiger partial charge in [-0.15, -0.1) is 13.2 Å². The molecule has 1 aliphatic carbocycles. The molecule has 0 aromatic heterocycles. The first-order chi connectivity index (χ1) is 19.3. The maximum atomic E-state index is 12.7. The van der Waals surface area contributed by atoms with Crippen LogP contribution in [0.15, 0.2) is 77.2 Å². The van der Waals surface area contributed by atoms with Gasteiger partial charge in [0.1, 0.15) is 17.6 Å². The Balaban J connectivity index is 1.44. The second-order valence-electron chi connectivity index (χ2n) is 10.0. The lowest BCUT2D eigenvalue weighted by Crippen LogP contribution is -2.34. The number of halogens is 3. The van der Waals surface area contributed by atoms with Gasteiger partial charge in [0, 0.05) is 36.9 Å². The van der Waals surface area contributed by atoms with Gasteiger partial charge in [-0.2, -0.15) is 0 Å². The van der Waals surface area contributed by atoms with Gasteiger partial charge in [-0.3, -0.25) is 0 Å². The Morgan fingerprint density at radius 1 is 1.05 bits per heavy atom. The minimum Gasteiger partial charge on any atom is -0.498 e. The lowest BCUT2D eigenvalue weighted by Gasteiger charge is -2.40. The van der Waals surface area contributed by atoms with Gasteiger partial charge in [-0.1, -0.05) is 31.6 Å². The molecule has 6 rings (SSSR count). The Hall–Kier alpha value is -3.85. The van der Waals surface area contributed by atoms with Crippen LogP contribution in [0.25, 0.3) is 5.70 Å². The van der Waals surface area contributed by atoms with Crippen LogP contribution < -0.4 is 14.2 Å². The zero-order valence-corrected chi connectivity index (χ0v) is 22.3. The summed E-state index contributed by atoms with van der Waals surface area (Å²) in [7, 11) is 1.65.